The molecule has 0 aliphatic heterocycles. The van der Waals surface area contributed by atoms with Crippen LogP contribution in [0.3, 0.4) is 0 Å². The molecule has 1 atom stereocenters. The molecule has 4 aromatic rings. The number of hydrogen-bond donors (Lipinski definition) is 1. The van der Waals surface area contributed by atoms with Gasteiger partial charge >= 0.3 is 0 Å². The highest BCUT2D eigenvalue weighted by Crippen LogP contribution is 2.27. The number of ether oxygens (including phenoxy) is 2. The highest BCUT2D eigenvalue weighted by atomic mass is 16.5. The SMILES string of the molecule is COCCNC(=O)C(c1ccc(C)o1)N(Cc1cccc(OC)c1)C(=O)Cn1nnc2ccccc21. The summed E-state index contributed by atoms with van der Waals surface area (Å²) < 4.78 is 17.8. The molecule has 2 heterocycles. The third-order valence-electron chi connectivity index (χ3n) is 5.71. The zero-order valence-corrected chi connectivity index (χ0v) is 20.5. The van der Waals surface area contributed by atoms with Gasteiger partial charge in [-0.1, -0.05) is 29.5 Å². The molecule has 0 fully saturated rings. The van der Waals surface area contributed by atoms with Gasteiger partial charge in [0.05, 0.1) is 19.2 Å². The molecule has 2 aromatic carbocycles. The summed E-state index contributed by atoms with van der Waals surface area (Å²) in [7, 11) is 3.14. The molecule has 0 aliphatic rings. The third-order valence-corrected chi connectivity index (χ3v) is 5.71. The van der Waals surface area contributed by atoms with Gasteiger partial charge in [-0.2, -0.15) is 0 Å². The highest BCUT2D eigenvalue weighted by Gasteiger charge is 2.34. The molecule has 2 aromatic heterocycles. The Labute approximate surface area is 208 Å². The smallest absolute Gasteiger partial charge is 0.250 e. The molecule has 0 spiro atoms. The van der Waals surface area contributed by atoms with E-state index in [1.807, 2.05) is 48.5 Å². The molecular weight excluding hydrogens is 462 g/mol. The van der Waals surface area contributed by atoms with Crippen molar-refractivity contribution in [2.24, 2.45) is 0 Å². The number of carbonyl (C=O) groups excluding carboxylic acids is 2. The quantitative estimate of drug-likeness (QED) is 0.321. The highest BCUT2D eigenvalue weighted by molar-refractivity contribution is 5.88. The lowest BCUT2D eigenvalue weighted by Gasteiger charge is -2.30. The van der Waals surface area contributed by atoms with E-state index < -0.39 is 6.04 Å². The van der Waals surface area contributed by atoms with Gasteiger partial charge in [0.2, 0.25) is 5.91 Å². The second-order valence-corrected chi connectivity index (χ2v) is 8.24. The van der Waals surface area contributed by atoms with E-state index in [0.29, 0.717) is 35.9 Å². The summed E-state index contributed by atoms with van der Waals surface area (Å²) in [4.78, 5) is 28.7. The number of aromatic nitrogens is 3. The van der Waals surface area contributed by atoms with Crippen LogP contribution in [-0.4, -0.2) is 59.1 Å². The van der Waals surface area contributed by atoms with Crippen molar-refractivity contribution in [1.82, 2.24) is 25.2 Å². The van der Waals surface area contributed by atoms with Crippen molar-refractivity contribution in [3.63, 3.8) is 0 Å². The lowest BCUT2D eigenvalue weighted by Crippen LogP contribution is -2.45. The van der Waals surface area contributed by atoms with Crippen LogP contribution < -0.4 is 10.1 Å². The van der Waals surface area contributed by atoms with Gasteiger partial charge in [0.15, 0.2) is 6.04 Å². The molecule has 10 heteroatoms. The lowest BCUT2D eigenvalue weighted by molar-refractivity contribution is -0.143. The van der Waals surface area contributed by atoms with Crippen molar-refractivity contribution < 1.29 is 23.5 Å². The first-order valence-electron chi connectivity index (χ1n) is 11.5. The molecule has 4 rings (SSSR count). The number of para-hydroxylation sites is 1. The monoisotopic (exact) mass is 491 g/mol. The van der Waals surface area contributed by atoms with Gasteiger partial charge in [-0.05, 0) is 48.9 Å². The third kappa shape index (κ3) is 5.72. The molecule has 0 saturated heterocycles. The molecule has 0 saturated carbocycles. The van der Waals surface area contributed by atoms with Gasteiger partial charge in [0, 0.05) is 20.2 Å². The zero-order chi connectivity index (χ0) is 25.5. The molecule has 1 unspecified atom stereocenters. The first kappa shape index (κ1) is 24.9. The number of benzene rings is 2. The Balaban J connectivity index is 1.71. The van der Waals surface area contributed by atoms with E-state index in [-0.39, 0.29) is 24.9 Å². The molecule has 2 amide bonds. The Morgan fingerprint density at radius 3 is 2.69 bits per heavy atom. The molecule has 1 N–H and O–H groups in total. The number of fused-ring (bicyclic) bond motifs is 1. The Morgan fingerprint density at radius 1 is 1.11 bits per heavy atom. The molecule has 0 radical (unpaired) electrons. The minimum Gasteiger partial charge on any atom is -0.497 e. The van der Waals surface area contributed by atoms with E-state index in [4.69, 9.17) is 13.9 Å². The van der Waals surface area contributed by atoms with Crippen LogP contribution in [0.1, 0.15) is 23.1 Å². The van der Waals surface area contributed by atoms with Crippen LogP contribution in [0, 0.1) is 6.92 Å². The van der Waals surface area contributed by atoms with E-state index in [1.165, 1.54) is 9.58 Å². The molecule has 188 valence electrons. The molecule has 0 aliphatic carbocycles. The second-order valence-electron chi connectivity index (χ2n) is 8.24. The fourth-order valence-electron chi connectivity index (χ4n) is 3.94. The summed E-state index contributed by atoms with van der Waals surface area (Å²) in [5.41, 5.74) is 2.20. The fourth-order valence-corrected chi connectivity index (χ4v) is 3.94. The van der Waals surface area contributed by atoms with Gasteiger partial charge in [0.1, 0.15) is 29.3 Å². The van der Waals surface area contributed by atoms with Gasteiger partial charge in [-0.3, -0.25) is 9.59 Å². The number of amides is 2. The van der Waals surface area contributed by atoms with Gasteiger partial charge < -0.3 is 24.1 Å². The second kappa shape index (κ2) is 11.5. The van der Waals surface area contributed by atoms with Crippen LogP contribution in [0.4, 0.5) is 0 Å². The number of carbonyl (C=O) groups is 2. The van der Waals surface area contributed by atoms with Crippen LogP contribution in [0.5, 0.6) is 5.75 Å². The largest absolute Gasteiger partial charge is 0.497 e. The Morgan fingerprint density at radius 2 is 1.94 bits per heavy atom. The number of methoxy groups -OCH3 is 2. The van der Waals surface area contributed by atoms with Crippen LogP contribution in [0.2, 0.25) is 0 Å². The summed E-state index contributed by atoms with van der Waals surface area (Å²) in [5, 5.41) is 11.1. The molecule has 10 nitrogen and oxygen atoms in total. The van der Waals surface area contributed by atoms with Gasteiger partial charge in [0.25, 0.3) is 5.91 Å². The van der Waals surface area contributed by atoms with Crippen molar-refractivity contribution in [3.8, 4) is 5.75 Å². The Kier molecular flexibility index (Phi) is 7.96. The number of nitrogens with one attached hydrogen (secondary N) is 1. The lowest BCUT2D eigenvalue weighted by atomic mass is 10.1. The fraction of sp³-hybridized carbons (Fsp3) is 0.308. The summed E-state index contributed by atoms with van der Waals surface area (Å²) >= 11 is 0. The first-order chi connectivity index (χ1) is 17.5. The standard InChI is InChI=1S/C26H29N5O5/c1-18-11-12-23(36-18)25(26(33)27-13-14-34-2)30(16-19-7-6-8-20(15-19)35-3)24(32)17-31-22-10-5-4-9-21(22)28-29-31/h4-12,15,25H,13-14,16-17H2,1-3H3,(H,27,33). The van der Waals surface area contributed by atoms with Gasteiger partial charge in [-0.25, -0.2) is 4.68 Å². The summed E-state index contributed by atoms with van der Waals surface area (Å²) in [6, 6.07) is 17.2. The van der Waals surface area contributed by atoms with Crippen molar-refractivity contribution in [1.29, 1.82) is 0 Å². The predicted octanol–water partition coefficient (Wildman–Crippen LogP) is 2.87. The summed E-state index contributed by atoms with van der Waals surface area (Å²) in [6.07, 6.45) is 0. The van der Waals surface area contributed by atoms with E-state index in [0.717, 1.165) is 11.1 Å². The van der Waals surface area contributed by atoms with Crippen LogP contribution in [0.15, 0.2) is 65.1 Å². The maximum atomic E-state index is 13.8. The Bertz CT molecular complexity index is 1330. The van der Waals surface area contributed by atoms with Crippen molar-refractivity contribution in [2.75, 3.05) is 27.4 Å². The number of rotatable bonds is 11. The zero-order valence-electron chi connectivity index (χ0n) is 20.5. The maximum Gasteiger partial charge on any atom is 0.250 e. The topological polar surface area (TPSA) is 112 Å². The van der Waals surface area contributed by atoms with Crippen LogP contribution >= 0.6 is 0 Å². The van der Waals surface area contributed by atoms with Crippen LogP contribution in [-0.2, 0) is 27.4 Å². The number of hydrogen-bond acceptors (Lipinski definition) is 7. The predicted molar refractivity (Wildman–Crippen MR) is 132 cm³/mol. The first-order valence-corrected chi connectivity index (χ1v) is 11.5. The normalized spacial score (nSPS) is 11.9. The minimum atomic E-state index is -1.01. The van der Waals surface area contributed by atoms with Crippen molar-refractivity contribution >= 4 is 22.8 Å². The molecule has 36 heavy (non-hydrogen) atoms. The van der Waals surface area contributed by atoms with Gasteiger partial charge in [-0.15, -0.1) is 5.10 Å². The van der Waals surface area contributed by atoms with Crippen LogP contribution in [0.25, 0.3) is 11.0 Å². The van der Waals surface area contributed by atoms with E-state index in [1.54, 1.807) is 33.3 Å². The summed E-state index contributed by atoms with van der Waals surface area (Å²) in [5.74, 6) is 0.950. The number of furan rings is 1. The summed E-state index contributed by atoms with van der Waals surface area (Å²) in [6.45, 7) is 2.46. The average molecular weight is 492 g/mol. The molecular formula is C26H29N5O5. The average Bonchev–Trinajstić information content (AvgIpc) is 3.50. The van der Waals surface area contributed by atoms with E-state index in [2.05, 4.69) is 15.6 Å². The van der Waals surface area contributed by atoms with E-state index >= 15 is 0 Å². The number of aryl methyl sites for hydroxylation is 1. The number of nitrogens with zero attached hydrogens (tertiary/aromatic N) is 4. The van der Waals surface area contributed by atoms with Crippen molar-refractivity contribution in [3.05, 3.63) is 77.7 Å². The van der Waals surface area contributed by atoms with Crippen molar-refractivity contribution in [2.45, 2.75) is 26.1 Å². The van der Waals surface area contributed by atoms with E-state index in [9.17, 15) is 9.59 Å². The molecule has 0 bridgehead atoms. The minimum absolute atomic E-state index is 0.105. The Hall–Kier alpha value is -4.18. The maximum absolute atomic E-state index is 13.8.